The monoisotopic (exact) mass is 1530 g/mol. The molecule has 54 nitrogen and oxygen atoms in total. The molecule has 6 rings (SSSR count). The molecule has 5 heterocycles. The second-order valence-corrected chi connectivity index (χ2v) is 23.5. The number of ether oxygens (including phenoxy) is 20. The van der Waals surface area contributed by atoms with Crippen LogP contribution < -0.4 is 0 Å². The zero-order valence-corrected chi connectivity index (χ0v) is 58.4. The van der Waals surface area contributed by atoms with Crippen LogP contribution >= 0.6 is 0 Å². The third-order valence-corrected chi connectivity index (χ3v) is 16.0. The van der Waals surface area contributed by atoms with Crippen molar-refractivity contribution in [2.24, 2.45) is 40.9 Å². The lowest BCUT2D eigenvalue weighted by Crippen LogP contribution is -2.65. The minimum Gasteiger partial charge on any atom is -0.463 e. The average Bonchev–Trinajstić information content (AvgIpc) is 1.45. The smallest absolute Gasteiger partial charge is 0.303 e. The number of hydrogen-bond acceptors (Lipinski definition) is 38. The Hall–Kier alpha value is -11.2. The quantitative estimate of drug-likeness (QED) is 0.0296. The Morgan fingerprint density at radius 1 is 0.287 bits per heavy atom. The first-order valence-corrected chi connectivity index (χ1v) is 31.9. The molecule has 0 aromatic heterocycles. The fraction of sp³-hybridized carbons (Fsp3) is 0.815. The maximum atomic E-state index is 13.7. The highest BCUT2D eigenvalue weighted by atomic mass is 16.8. The molecule has 6 fully saturated rings. The number of hydrogen-bond donors (Lipinski definition) is 0. The number of esters is 10. The van der Waals surface area contributed by atoms with Crippen LogP contribution in [0.4, 0.5) is 0 Å². The second kappa shape index (κ2) is 41.0. The van der Waals surface area contributed by atoms with E-state index >= 15 is 0 Å². The van der Waals surface area contributed by atoms with Crippen LogP contribution in [0, 0.1) is 0 Å². The van der Waals surface area contributed by atoms with Gasteiger partial charge in [0.25, 0.3) is 0 Å². The molecule has 0 aromatic carbocycles. The SMILES string of the molecule is CC(=O)OC[C@H]1O[C@@H](OC[C@H]2OC(O[C@@H]3C(OC(C)=O)[C@H](N=[N+]=[N-])CC(N=[N+]=[N-])[C@@H]3O[C@@H]3OC(CN=[N+]=[N-])[C@H](OC(C)=O)[C@H](OC(C)=O)C3N=[N+]=[N-])[C@@H](OC(C)=O)[C@H]2O[C@H]2O[C@@H](CN=[N+]=[N-])[C@@H](OC(C)=O)C(OC(C)=O)C2N=[N+]=[N-])C(OC(C)=O)[C@H]1O[C@H]1O[C@@H](CN=[N+]=[N-])[C@@H](OC(C)=O)C(OC(C)=O)C1N=[N+]=[N-]. The van der Waals surface area contributed by atoms with Crippen molar-refractivity contribution in [3.8, 4) is 0 Å². The Morgan fingerprint density at radius 2 is 0.565 bits per heavy atom. The minimum absolute atomic E-state index is 0.637. The van der Waals surface area contributed by atoms with Crippen LogP contribution in [0.25, 0.3) is 83.5 Å². The van der Waals surface area contributed by atoms with E-state index in [1.165, 1.54) is 0 Å². The predicted octanol–water partition coefficient (Wildman–Crippen LogP) is 3.85. The van der Waals surface area contributed by atoms with E-state index in [1.54, 1.807) is 0 Å². The summed E-state index contributed by atoms with van der Waals surface area (Å²) >= 11 is 0. The summed E-state index contributed by atoms with van der Waals surface area (Å²) in [6.07, 6.45) is -45.4. The second-order valence-electron chi connectivity index (χ2n) is 23.5. The number of rotatable bonds is 33. The molecule has 108 heavy (non-hydrogen) atoms. The van der Waals surface area contributed by atoms with Gasteiger partial charge in [0, 0.05) is 109 Å². The van der Waals surface area contributed by atoms with Crippen molar-refractivity contribution < 1.29 is 143 Å². The zero-order valence-electron chi connectivity index (χ0n) is 58.4. The highest BCUT2D eigenvalue weighted by Crippen LogP contribution is 2.43. The molecule has 0 bridgehead atoms. The zero-order chi connectivity index (χ0) is 79.6. The largest absolute Gasteiger partial charge is 0.463 e. The molecular weight excluding hydrogens is 1460 g/mol. The van der Waals surface area contributed by atoms with Crippen LogP contribution in [0.2, 0.25) is 0 Å². The Balaban J connectivity index is 1.59. The molecule has 5 saturated heterocycles. The molecule has 1 aliphatic carbocycles. The van der Waals surface area contributed by atoms with Crippen molar-refractivity contribution in [2.75, 3.05) is 32.8 Å². The number of azide groups is 8. The lowest BCUT2D eigenvalue weighted by atomic mass is 9.83. The lowest BCUT2D eigenvalue weighted by Gasteiger charge is -2.48. The van der Waals surface area contributed by atoms with Crippen molar-refractivity contribution >= 4 is 59.7 Å². The number of carbonyl (C=O) groups excluding carboxylic acids is 10. The van der Waals surface area contributed by atoms with Gasteiger partial charge in [0.2, 0.25) is 0 Å². The van der Waals surface area contributed by atoms with E-state index < -0.39 is 270 Å². The van der Waals surface area contributed by atoms with E-state index in [9.17, 15) is 92.2 Å². The van der Waals surface area contributed by atoms with E-state index in [0.29, 0.717) is 0 Å². The Kier molecular flexibility index (Phi) is 32.6. The summed E-state index contributed by atoms with van der Waals surface area (Å²) in [5.41, 5.74) is 78.6. The van der Waals surface area contributed by atoms with Gasteiger partial charge in [-0.3, -0.25) is 47.9 Å². The molecule has 5 aliphatic heterocycles. The molecule has 28 atom stereocenters. The molecule has 0 spiro atoms. The van der Waals surface area contributed by atoms with Crippen molar-refractivity contribution in [2.45, 2.75) is 247 Å². The van der Waals surface area contributed by atoms with Gasteiger partial charge >= 0.3 is 59.7 Å². The molecular formula is C54H70N24O30. The van der Waals surface area contributed by atoms with E-state index in [0.717, 1.165) is 69.2 Å². The molecule has 0 N–H and O–H groups in total. The summed E-state index contributed by atoms with van der Waals surface area (Å²) in [6, 6.07) is -9.28. The predicted molar refractivity (Wildman–Crippen MR) is 337 cm³/mol. The molecule has 10 unspecified atom stereocenters. The standard InChI is InChI=1S/C54H70N24O30/c1-17(79)89-15-32-42(106-51-35(69-77-61)45(96-23(7)85)40(93-20(4)82)30(101-51)13-64-72-56)48(98-25(9)87)53(103-32)90-16-33-43(107-52-36(70-78-62)46(97-24(8)86)41(94-21(5)83)31(102-52)14-65-73-57)49(99-26(10)88)54(104-33)108-47-37(91-18(2)80)27(66-74-58)11-28(67-75-59)38(47)105-50-34(68-76-60)44(95-22(6)84)39(92-19(3)81)29(100-50)12-63-71-55/h27-54H,11-16H2,1-10H3/t27-,28?,29?,30+,31+,32-,33-,34?,35?,36?,37?,38+,39+,40-,41-,42+,43+,44-,45?,46?,47-,48?,49+,50+,51-,52-,53-,54?/m1/s1. The maximum absolute atomic E-state index is 13.7. The fourth-order valence-corrected chi connectivity index (χ4v) is 12.4. The van der Waals surface area contributed by atoms with Gasteiger partial charge in [0.1, 0.15) is 79.7 Å². The summed E-state index contributed by atoms with van der Waals surface area (Å²) in [5.74, 6) is -10.8. The van der Waals surface area contributed by atoms with Crippen LogP contribution in [0.1, 0.15) is 75.7 Å². The van der Waals surface area contributed by atoms with Gasteiger partial charge in [-0.1, -0.05) is 40.9 Å². The average molecular weight is 1540 g/mol. The van der Waals surface area contributed by atoms with Crippen molar-refractivity contribution in [3.05, 3.63) is 83.5 Å². The van der Waals surface area contributed by atoms with Crippen LogP contribution in [-0.4, -0.2) is 264 Å². The first-order chi connectivity index (χ1) is 51.4. The minimum atomic E-state index is -2.33. The van der Waals surface area contributed by atoms with Crippen molar-refractivity contribution in [3.63, 3.8) is 0 Å². The summed E-state index contributed by atoms with van der Waals surface area (Å²) in [6.45, 7) is 5.03. The molecule has 0 aromatic rings. The number of carbonyl (C=O) groups is 10. The van der Waals surface area contributed by atoms with Gasteiger partial charge in [-0.25, -0.2) is 0 Å². The topological polar surface area (TPSA) is 745 Å². The first-order valence-electron chi connectivity index (χ1n) is 31.9. The van der Waals surface area contributed by atoms with Crippen LogP contribution in [0.5, 0.6) is 0 Å². The highest BCUT2D eigenvalue weighted by Gasteiger charge is 2.61. The summed E-state index contributed by atoms with van der Waals surface area (Å²) in [7, 11) is 0. The van der Waals surface area contributed by atoms with Gasteiger partial charge in [-0.15, -0.1) is 0 Å². The summed E-state index contributed by atoms with van der Waals surface area (Å²) < 4.78 is 120. The normalized spacial score (nSPS) is 34.4. The molecule has 1 saturated carbocycles. The van der Waals surface area contributed by atoms with Gasteiger partial charge < -0.3 is 94.7 Å². The molecule has 586 valence electrons. The van der Waals surface area contributed by atoms with Crippen LogP contribution in [-0.2, 0) is 143 Å². The van der Waals surface area contributed by atoms with Crippen LogP contribution in [0.3, 0.4) is 0 Å². The summed E-state index contributed by atoms with van der Waals surface area (Å²) in [5, 5.41) is 29.3. The summed E-state index contributed by atoms with van der Waals surface area (Å²) in [4.78, 5) is 152. The maximum Gasteiger partial charge on any atom is 0.303 e. The van der Waals surface area contributed by atoms with E-state index in [2.05, 4.69) is 80.2 Å². The van der Waals surface area contributed by atoms with E-state index in [4.69, 9.17) is 94.7 Å². The Labute approximate surface area is 605 Å². The van der Waals surface area contributed by atoms with Gasteiger partial charge in [0.15, 0.2) is 80.3 Å². The third-order valence-electron chi connectivity index (χ3n) is 16.0. The van der Waals surface area contributed by atoms with Crippen molar-refractivity contribution in [1.82, 2.24) is 0 Å². The first kappa shape index (κ1) is 85.7. The molecule has 0 amide bonds. The molecule has 6 aliphatic rings. The fourth-order valence-electron chi connectivity index (χ4n) is 12.4. The Bertz CT molecular complexity index is 3720. The third kappa shape index (κ3) is 23.1. The van der Waals surface area contributed by atoms with E-state index in [1.807, 2.05) is 0 Å². The van der Waals surface area contributed by atoms with Gasteiger partial charge in [-0.2, -0.15) is 0 Å². The molecule has 0 radical (unpaired) electrons. The van der Waals surface area contributed by atoms with Gasteiger partial charge in [-0.05, 0) is 50.7 Å². The number of nitrogens with zero attached hydrogens (tertiary/aromatic N) is 24. The van der Waals surface area contributed by atoms with E-state index in [-0.39, 0.29) is 0 Å². The molecule has 54 heteroatoms. The van der Waals surface area contributed by atoms with Crippen LogP contribution in [0.15, 0.2) is 40.9 Å². The lowest BCUT2D eigenvalue weighted by molar-refractivity contribution is -0.309. The van der Waals surface area contributed by atoms with Crippen molar-refractivity contribution in [1.29, 1.82) is 0 Å². The Morgan fingerprint density at radius 3 is 0.898 bits per heavy atom. The van der Waals surface area contributed by atoms with Gasteiger partial charge in [0.05, 0.1) is 44.4 Å². The highest BCUT2D eigenvalue weighted by molar-refractivity contribution is 5.70.